The first-order chi connectivity index (χ1) is 10.0. The SMILES string of the molecule is C=CS(=O)(=O)NC(C(=O)N1CCOCC1)c1ccccc1. The molecule has 0 radical (unpaired) electrons. The van der Waals surface area contributed by atoms with Crippen LogP contribution >= 0.6 is 0 Å². The molecule has 1 amide bonds. The Morgan fingerprint density at radius 1 is 1.29 bits per heavy atom. The number of hydrogen-bond donors (Lipinski definition) is 1. The van der Waals surface area contributed by atoms with Crippen molar-refractivity contribution in [3.8, 4) is 0 Å². The predicted octanol–water partition coefficient (Wildman–Crippen LogP) is 0.649. The average molecular weight is 310 g/mol. The number of carbonyl (C=O) groups is 1. The first-order valence-electron chi connectivity index (χ1n) is 6.60. The number of ether oxygens (including phenoxy) is 1. The summed E-state index contributed by atoms with van der Waals surface area (Å²) < 4.78 is 31.1. The zero-order valence-corrected chi connectivity index (χ0v) is 12.4. The van der Waals surface area contributed by atoms with Crippen LogP contribution in [0.3, 0.4) is 0 Å². The number of carbonyl (C=O) groups excluding carboxylic acids is 1. The Hall–Kier alpha value is -1.70. The molecule has 1 aromatic carbocycles. The van der Waals surface area contributed by atoms with E-state index in [4.69, 9.17) is 4.74 Å². The van der Waals surface area contributed by atoms with Gasteiger partial charge in [0.05, 0.1) is 13.2 Å². The number of morpholine rings is 1. The number of nitrogens with one attached hydrogen (secondary N) is 1. The van der Waals surface area contributed by atoms with Gasteiger partial charge in [-0.1, -0.05) is 36.9 Å². The largest absolute Gasteiger partial charge is 0.378 e. The fourth-order valence-electron chi connectivity index (χ4n) is 2.09. The Bertz CT molecular complexity index is 595. The Morgan fingerprint density at radius 2 is 1.90 bits per heavy atom. The molecule has 0 saturated carbocycles. The van der Waals surface area contributed by atoms with Crippen molar-refractivity contribution in [3.63, 3.8) is 0 Å². The molecule has 1 aliphatic rings. The molecule has 114 valence electrons. The summed E-state index contributed by atoms with van der Waals surface area (Å²) in [5.41, 5.74) is 0.597. The molecule has 0 spiro atoms. The highest BCUT2D eigenvalue weighted by Crippen LogP contribution is 2.18. The number of nitrogens with zero attached hydrogens (tertiary/aromatic N) is 1. The van der Waals surface area contributed by atoms with Crippen LogP contribution < -0.4 is 4.72 Å². The van der Waals surface area contributed by atoms with E-state index in [9.17, 15) is 13.2 Å². The monoisotopic (exact) mass is 310 g/mol. The van der Waals surface area contributed by atoms with Gasteiger partial charge in [-0.15, -0.1) is 0 Å². The fourth-order valence-corrected chi connectivity index (χ4v) is 2.75. The Kier molecular flexibility index (Phi) is 5.11. The van der Waals surface area contributed by atoms with Gasteiger partial charge < -0.3 is 9.64 Å². The summed E-state index contributed by atoms with van der Waals surface area (Å²) in [6, 6.07) is 7.81. The maximum absolute atomic E-state index is 12.6. The summed E-state index contributed by atoms with van der Waals surface area (Å²) in [6.45, 7) is 5.09. The van der Waals surface area contributed by atoms with Gasteiger partial charge in [-0.2, -0.15) is 4.72 Å². The van der Waals surface area contributed by atoms with Crippen LogP contribution in [0.15, 0.2) is 42.3 Å². The van der Waals surface area contributed by atoms with Crippen molar-refractivity contribution in [2.75, 3.05) is 26.3 Å². The van der Waals surface area contributed by atoms with Crippen molar-refractivity contribution in [1.82, 2.24) is 9.62 Å². The standard InChI is InChI=1S/C14H18N2O4S/c1-2-21(18,19)15-13(12-6-4-3-5-7-12)14(17)16-8-10-20-11-9-16/h2-7,13,15H,1,8-11H2. The van der Waals surface area contributed by atoms with Crippen molar-refractivity contribution < 1.29 is 17.9 Å². The van der Waals surface area contributed by atoms with Crippen LogP contribution in [0, 0.1) is 0 Å². The van der Waals surface area contributed by atoms with Crippen molar-refractivity contribution in [2.45, 2.75) is 6.04 Å². The third kappa shape index (κ3) is 4.13. The number of hydrogen-bond acceptors (Lipinski definition) is 4. The molecule has 0 aromatic heterocycles. The molecule has 1 heterocycles. The van der Waals surface area contributed by atoms with E-state index in [0.717, 1.165) is 5.41 Å². The lowest BCUT2D eigenvalue weighted by molar-refractivity contribution is -0.137. The Balaban J connectivity index is 2.27. The first kappa shape index (κ1) is 15.7. The van der Waals surface area contributed by atoms with Crippen molar-refractivity contribution in [3.05, 3.63) is 47.9 Å². The van der Waals surface area contributed by atoms with Gasteiger partial charge in [0.15, 0.2) is 0 Å². The molecule has 21 heavy (non-hydrogen) atoms. The summed E-state index contributed by atoms with van der Waals surface area (Å²) in [7, 11) is -3.72. The molecule has 1 atom stereocenters. The second-order valence-electron chi connectivity index (χ2n) is 4.61. The summed E-state index contributed by atoms with van der Waals surface area (Å²) in [5, 5.41) is 0.801. The third-order valence-electron chi connectivity index (χ3n) is 3.20. The predicted molar refractivity (Wildman–Crippen MR) is 78.8 cm³/mol. The van der Waals surface area contributed by atoms with E-state index < -0.39 is 16.1 Å². The van der Waals surface area contributed by atoms with Crippen LogP contribution in [0.5, 0.6) is 0 Å². The highest BCUT2D eigenvalue weighted by Gasteiger charge is 2.29. The molecule has 6 nitrogen and oxygen atoms in total. The highest BCUT2D eigenvalue weighted by molar-refractivity contribution is 7.92. The van der Waals surface area contributed by atoms with Gasteiger partial charge in [0.25, 0.3) is 0 Å². The average Bonchev–Trinajstić information content (AvgIpc) is 2.54. The minimum absolute atomic E-state index is 0.282. The summed E-state index contributed by atoms with van der Waals surface area (Å²) in [5.74, 6) is -0.282. The minimum Gasteiger partial charge on any atom is -0.378 e. The van der Waals surface area contributed by atoms with Crippen LogP contribution in [-0.4, -0.2) is 45.5 Å². The van der Waals surface area contributed by atoms with E-state index in [-0.39, 0.29) is 5.91 Å². The van der Waals surface area contributed by atoms with Gasteiger partial charge in [0, 0.05) is 18.5 Å². The lowest BCUT2D eigenvalue weighted by atomic mass is 10.1. The van der Waals surface area contributed by atoms with E-state index in [2.05, 4.69) is 11.3 Å². The molecule has 0 aliphatic carbocycles. The fraction of sp³-hybridized carbons (Fsp3) is 0.357. The zero-order valence-electron chi connectivity index (χ0n) is 11.6. The minimum atomic E-state index is -3.72. The quantitative estimate of drug-likeness (QED) is 0.866. The highest BCUT2D eigenvalue weighted by atomic mass is 32.2. The van der Waals surface area contributed by atoms with E-state index >= 15 is 0 Å². The molecule has 1 aliphatic heterocycles. The molecule has 0 bridgehead atoms. The van der Waals surface area contributed by atoms with Gasteiger partial charge in [0.2, 0.25) is 15.9 Å². The van der Waals surface area contributed by atoms with Crippen LogP contribution in [-0.2, 0) is 19.6 Å². The Labute approximate surface area is 124 Å². The van der Waals surface area contributed by atoms with E-state index in [1.807, 2.05) is 6.07 Å². The van der Waals surface area contributed by atoms with Crippen LogP contribution in [0.4, 0.5) is 0 Å². The maximum Gasteiger partial charge on any atom is 0.245 e. The molecular formula is C14H18N2O4S. The second kappa shape index (κ2) is 6.84. The molecular weight excluding hydrogens is 292 g/mol. The lowest BCUT2D eigenvalue weighted by Crippen LogP contribution is -2.47. The summed E-state index contributed by atoms with van der Waals surface area (Å²) in [6.07, 6.45) is 0. The molecule has 1 fully saturated rings. The zero-order chi connectivity index (χ0) is 15.3. The molecule has 1 N–H and O–H groups in total. The number of sulfonamides is 1. The normalized spacial score (nSPS) is 17.2. The molecule has 1 aromatic rings. The molecule has 2 rings (SSSR count). The Morgan fingerprint density at radius 3 is 2.48 bits per heavy atom. The van der Waals surface area contributed by atoms with Crippen molar-refractivity contribution in [2.24, 2.45) is 0 Å². The van der Waals surface area contributed by atoms with Gasteiger partial charge in [-0.05, 0) is 5.56 Å². The topological polar surface area (TPSA) is 75.7 Å². The number of rotatable bonds is 5. The first-order valence-corrected chi connectivity index (χ1v) is 8.14. The van der Waals surface area contributed by atoms with E-state index in [0.29, 0.717) is 31.9 Å². The maximum atomic E-state index is 12.6. The molecule has 1 saturated heterocycles. The van der Waals surface area contributed by atoms with Gasteiger partial charge in [0.1, 0.15) is 6.04 Å². The molecule has 7 heteroatoms. The molecule has 1 unspecified atom stereocenters. The van der Waals surface area contributed by atoms with E-state index in [1.165, 1.54) is 0 Å². The number of amides is 1. The third-order valence-corrected chi connectivity index (χ3v) is 4.21. The van der Waals surface area contributed by atoms with Gasteiger partial charge in [-0.3, -0.25) is 4.79 Å². The lowest BCUT2D eigenvalue weighted by Gasteiger charge is -2.30. The van der Waals surface area contributed by atoms with Gasteiger partial charge in [-0.25, -0.2) is 8.42 Å². The summed E-state index contributed by atoms with van der Waals surface area (Å²) >= 11 is 0. The summed E-state index contributed by atoms with van der Waals surface area (Å²) in [4.78, 5) is 14.2. The van der Waals surface area contributed by atoms with Gasteiger partial charge >= 0.3 is 0 Å². The second-order valence-corrected chi connectivity index (χ2v) is 6.27. The van der Waals surface area contributed by atoms with Crippen LogP contribution in [0.25, 0.3) is 0 Å². The van der Waals surface area contributed by atoms with Crippen LogP contribution in [0.2, 0.25) is 0 Å². The van der Waals surface area contributed by atoms with Crippen molar-refractivity contribution >= 4 is 15.9 Å². The van der Waals surface area contributed by atoms with Crippen molar-refractivity contribution in [1.29, 1.82) is 0 Å². The number of benzene rings is 1. The smallest absolute Gasteiger partial charge is 0.245 e. The van der Waals surface area contributed by atoms with Crippen LogP contribution in [0.1, 0.15) is 11.6 Å². The van der Waals surface area contributed by atoms with E-state index in [1.54, 1.807) is 29.2 Å².